The molecular formula is C25H25ClFNO4S. The van der Waals surface area contributed by atoms with Crippen molar-refractivity contribution >= 4 is 27.6 Å². The number of hydrogen-bond acceptors (Lipinski definition) is 4. The standard InChI is InChI=1S/C25H25ClFNO4S/c1-4-18(3)28(25(29)21-9-5-6-11-23(21)27)16-19-12-14-20(15-13-19)32-33(30,31)24-17(2)8-7-10-22(24)26/h5-15,18H,4,16H2,1-3H3. The van der Waals surface area contributed by atoms with Crippen molar-refractivity contribution < 1.29 is 21.8 Å². The molecule has 0 aliphatic rings. The van der Waals surface area contributed by atoms with Crippen LogP contribution in [0.15, 0.2) is 71.6 Å². The molecule has 174 valence electrons. The fourth-order valence-corrected chi connectivity index (χ4v) is 5.11. The fourth-order valence-electron chi connectivity index (χ4n) is 3.39. The Morgan fingerprint density at radius 3 is 2.33 bits per heavy atom. The van der Waals surface area contributed by atoms with Gasteiger partial charge in [-0.15, -0.1) is 0 Å². The number of nitrogens with zero attached hydrogens (tertiary/aromatic N) is 1. The lowest BCUT2D eigenvalue weighted by molar-refractivity contribution is 0.0666. The number of benzene rings is 3. The second-order valence-electron chi connectivity index (χ2n) is 7.74. The molecule has 0 radical (unpaired) electrons. The summed E-state index contributed by atoms with van der Waals surface area (Å²) in [6.45, 7) is 5.72. The molecule has 1 amide bonds. The van der Waals surface area contributed by atoms with Crippen molar-refractivity contribution in [1.82, 2.24) is 4.90 Å². The van der Waals surface area contributed by atoms with Crippen molar-refractivity contribution in [2.24, 2.45) is 0 Å². The van der Waals surface area contributed by atoms with Gasteiger partial charge >= 0.3 is 10.1 Å². The summed E-state index contributed by atoms with van der Waals surface area (Å²) in [4.78, 5) is 14.5. The van der Waals surface area contributed by atoms with Crippen LogP contribution in [-0.2, 0) is 16.7 Å². The number of rotatable bonds is 8. The summed E-state index contributed by atoms with van der Waals surface area (Å²) < 4.78 is 44.9. The summed E-state index contributed by atoms with van der Waals surface area (Å²) in [5.41, 5.74) is 1.24. The van der Waals surface area contributed by atoms with Gasteiger partial charge in [0.15, 0.2) is 0 Å². The maximum atomic E-state index is 14.2. The second kappa shape index (κ2) is 10.4. The largest absolute Gasteiger partial charge is 0.379 e. The Labute approximate surface area is 198 Å². The van der Waals surface area contributed by atoms with E-state index in [9.17, 15) is 17.6 Å². The van der Waals surface area contributed by atoms with Crippen molar-refractivity contribution in [3.63, 3.8) is 0 Å². The van der Waals surface area contributed by atoms with Crippen molar-refractivity contribution in [2.45, 2.75) is 44.7 Å². The molecule has 3 aromatic rings. The summed E-state index contributed by atoms with van der Waals surface area (Å²) in [5.74, 6) is -0.854. The van der Waals surface area contributed by atoms with E-state index in [1.807, 2.05) is 13.8 Å². The first-order chi connectivity index (χ1) is 15.6. The maximum absolute atomic E-state index is 14.2. The smallest absolute Gasteiger partial charge is 0.340 e. The first-order valence-corrected chi connectivity index (χ1v) is 12.3. The van der Waals surface area contributed by atoms with Gasteiger partial charge in [-0.3, -0.25) is 4.79 Å². The van der Waals surface area contributed by atoms with Gasteiger partial charge in [0.25, 0.3) is 5.91 Å². The Hall–Kier alpha value is -2.90. The summed E-state index contributed by atoms with van der Waals surface area (Å²) in [6, 6.07) is 16.9. The first kappa shape index (κ1) is 24.7. The highest BCUT2D eigenvalue weighted by molar-refractivity contribution is 7.87. The minimum absolute atomic E-state index is 0.0129. The van der Waals surface area contributed by atoms with Gasteiger partial charge in [-0.05, 0) is 61.7 Å². The number of aryl methyl sites for hydroxylation is 1. The number of amides is 1. The lowest BCUT2D eigenvalue weighted by Crippen LogP contribution is -2.38. The van der Waals surface area contributed by atoms with E-state index in [0.717, 1.165) is 5.56 Å². The van der Waals surface area contributed by atoms with Crippen molar-refractivity contribution in [3.8, 4) is 5.75 Å². The minimum atomic E-state index is -4.12. The summed E-state index contributed by atoms with van der Waals surface area (Å²) in [7, 11) is -4.12. The van der Waals surface area contributed by atoms with E-state index in [-0.39, 0.29) is 33.8 Å². The molecule has 1 unspecified atom stereocenters. The molecular weight excluding hydrogens is 465 g/mol. The van der Waals surface area contributed by atoms with Crippen molar-refractivity contribution in [1.29, 1.82) is 0 Å². The average molecular weight is 490 g/mol. The molecule has 0 bridgehead atoms. The van der Waals surface area contributed by atoms with Crippen LogP contribution < -0.4 is 4.18 Å². The zero-order chi connectivity index (χ0) is 24.2. The van der Waals surface area contributed by atoms with Gasteiger partial charge in [-0.25, -0.2) is 4.39 Å². The molecule has 3 aromatic carbocycles. The Kier molecular flexibility index (Phi) is 7.76. The molecule has 0 aliphatic carbocycles. The van der Waals surface area contributed by atoms with Gasteiger partial charge in [-0.1, -0.05) is 54.9 Å². The molecule has 0 N–H and O–H groups in total. The van der Waals surface area contributed by atoms with Crippen LogP contribution in [0.3, 0.4) is 0 Å². The van der Waals surface area contributed by atoms with Crippen LogP contribution in [0.5, 0.6) is 5.75 Å². The maximum Gasteiger partial charge on any atom is 0.340 e. The van der Waals surface area contributed by atoms with E-state index in [4.69, 9.17) is 15.8 Å². The zero-order valence-corrected chi connectivity index (χ0v) is 20.2. The zero-order valence-electron chi connectivity index (χ0n) is 18.6. The molecule has 0 aromatic heterocycles. The Bertz CT molecular complexity index is 1230. The Balaban J connectivity index is 1.81. The van der Waals surface area contributed by atoms with E-state index in [0.29, 0.717) is 12.0 Å². The number of carbonyl (C=O) groups excluding carboxylic acids is 1. The quantitative estimate of drug-likeness (QED) is 0.364. The summed E-state index contributed by atoms with van der Waals surface area (Å²) in [5, 5.41) is 0.0856. The van der Waals surface area contributed by atoms with Gasteiger partial charge < -0.3 is 9.08 Å². The van der Waals surface area contributed by atoms with E-state index in [1.165, 1.54) is 36.4 Å². The lowest BCUT2D eigenvalue weighted by Gasteiger charge is -2.29. The van der Waals surface area contributed by atoms with Crippen molar-refractivity contribution in [3.05, 3.63) is 94.3 Å². The summed E-state index contributed by atoms with van der Waals surface area (Å²) in [6.07, 6.45) is 0.691. The van der Waals surface area contributed by atoms with Gasteiger partial charge in [0.2, 0.25) is 0 Å². The third-order valence-electron chi connectivity index (χ3n) is 5.38. The van der Waals surface area contributed by atoms with Gasteiger partial charge in [0.05, 0.1) is 10.6 Å². The van der Waals surface area contributed by atoms with E-state index in [2.05, 4.69) is 0 Å². The second-order valence-corrected chi connectivity index (χ2v) is 9.63. The van der Waals surface area contributed by atoms with Crippen LogP contribution in [-0.4, -0.2) is 25.3 Å². The van der Waals surface area contributed by atoms with Crippen molar-refractivity contribution in [2.75, 3.05) is 0 Å². The first-order valence-electron chi connectivity index (χ1n) is 10.5. The molecule has 0 saturated heterocycles. The predicted molar refractivity (Wildman–Crippen MR) is 126 cm³/mol. The fraction of sp³-hybridized carbons (Fsp3) is 0.240. The highest BCUT2D eigenvalue weighted by atomic mass is 35.5. The number of carbonyl (C=O) groups is 1. The Morgan fingerprint density at radius 1 is 1.06 bits per heavy atom. The normalized spacial score (nSPS) is 12.3. The van der Waals surface area contributed by atoms with Crippen LogP contribution in [0.1, 0.15) is 41.8 Å². The molecule has 33 heavy (non-hydrogen) atoms. The highest BCUT2D eigenvalue weighted by Crippen LogP contribution is 2.28. The van der Waals surface area contributed by atoms with Gasteiger partial charge in [0, 0.05) is 12.6 Å². The molecule has 0 saturated carbocycles. The highest BCUT2D eigenvalue weighted by Gasteiger charge is 2.24. The van der Waals surface area contributed by atoms with E-state index in [1.54, 1.807) is 42.2 Å². The van der Waals surface area contributed by atoms with Crippen LogP contribution in [0.4, 0.5) is 4.39 Å². The predicted octanol–water partition coefficient (Wildman–Crippen LogP) is 6.00. The molecule has 3 rings (SSSR count). The lowest BCUT2D eigenvalue weighted by atomic mass is 10.1. The minimum Gasteiger partial charge on any atom is -0.379 e. The average Bonchev–Trinajstić information content (AvgIpc) is 2.77. The van der Waals surface area contributed by atoms with E-state index >= 15 is 0 Å². The number of halogens is 2. The SMILES string of the molecule is CCC(C)N(Cc1ccc(OS(=O)(=O)c2c(C)cccc2Cl)cc1)C(=O)c1ccccc1F. The van der Waals surface area contributed by atoms with Crippen LogP contribution in [0.2, 0.25) is 5.02 Å². The number of hydrogen-bond donors (Lipinski definition) is 0. The van der Waals surface area contributed by atoms with Gasteiger partial charge in [0.1, 0.15) is 16.5 Å². The molecule has 0 aliphatic heterocycles. The third kappa shape index (κ3) is 5.72. The summed E-state index contributed by atoms with van der Waals surface area (Å²) >= 11 is 6.07. The molecule has 5 nitrogen and oxygen atoms in total. The van der Waals surface area contributed by atoms with Crippen LogP contribution in [0.25, 0.3) is 0 Å². The third-order valence-corrected chi connectivity index (χ3v) is 7.26. The Morgan fingerprint density at radius 2 is 1.73 bits per heavy atom. The topological polar surface area (TPSA) is 63.7 Å². The van der Waals surface area contributed by atoms with Crippen LogP contribution >= 0.6 is 11.6 Å². The molecule has 0 fully saturated rings. The van der Waals surface area contributed by atoms with Gasteiger partial charge in [-0.2, -0.15) is 8.42 Å². The van der Waals surface area contributed by atoms with Crippen LogP contribution in [0, 0.1) is 12.7 Å². The molecule has 1 atom stereocenters. The molecule has 0 heterocycles. The van der Waals surface area contributed by atoms with E-state index < -0.39 is 21.8 Å². The molecule has 8 heteroatoms. The molecule has 0 spiro atoms. The monoisotopic (exact) mass is 489 g/mol.